The number of thiazole rings is 2. The predicted molar refractivity (Wildman–Crippen MR) is 405 cm³/mol. The smallest absolute Gasteiger partial charge is 0.418 e. The topological polar surface area (TPSA) is 341 Å². The maximum atomic E-state index is 15.4. The van der Waals surface area contributed by atoms with Crippen LogP contribution in [0.25, 0.3) is 22.5 Å². The molecule has 4 aromatic carbocycles. The fourth-order valence-corrected chi connectivity index (χ4v) is 12.9. The number of nitrogens with two attached hydrogens (primary N) is 1. The number of nitriles is 2. The second kappa shape index (κ2) is 39.1. The van der Waals surface area contributed by atoms with Gasteiger partial charge in [-0.15, -0.1) is 32.0 Å². The van der Waals surface area contributed by atoms with Gasteiger partial charge in [-0.25, -0.2) is 56.7 Å². The Morgan fingerprint density at radius 1 is 0.607 bits per heavy atom. The Hall–Kier alpha value is -12.0. The number of benzene rings is 4. The Morgan fingerprint density at radius 2 is 1.01 bits per heavy atom. The Morgan fingerprint density at radius 3 is 1.39 bits per heavy atom. The summed E-state index contributed by atoms with van der Waals surface area (Å²) < 4.78 is 92.6. The number of nitrogens with zero attached hydrogens (tertiary/aromatic N) is 15. The number of carbonyl (C=O) groups excluding carboxylic acids is 5. The summed E-state index contributed by atoms with van der Waals surface area (Å²) in [7, 11) is 6.04. The highest BCUT2D eigenvalue weighted by atomic mass is 32.1. The minimum Gasteiger partial charge on any atom is -0.459 e. The van der Waals surface area contributed by atoms with Gasteiger partial charge in [-0.2, -0.15) is 19.7 Å². The highest BCUT2D eigenvalue weighted by Crippen LogP contribution is 2.44. The average Bonchev–Trinajstić information content (AvgIpc) is 1.39. The van der Waals surface area contributed by atoms with Crippen LogP contribution >= 0.6 is 22.7 Å². The molecule has 0 aliphatic carbocycles. The number of hydrogen-bond donors (Lipinski definition) is 3. The Balaban J connectivity index is 0.000000343. The van der Waals surface area contributed by atoms with Gasteiger partial charge in [0.1, 0.15) is 84.6 Å². The lowest BCUT2D eigenvalue weighted by molar-refractivity contribution is -0.753. The summed E-state index contributed by atoms with van der Waals surface area (Å²) >= 11 is 2.48. The summed E-state index contributed by atoms with van der Waals surface area (Å²) in [6, 6.07) is 30.1. The van der Waals surface area contributed by atoms with Crippen LogP contribution in [0, 0.1) is 60.8 Å². The molecule has 2 unspecified atom stereocenters. The van der Waals surface area contributed by atoms with Crippen LogP contribution in [0.5, 0.6) is 0 Å². The van der Waals surface area contributed by atoms with Crippen molar-refractivity contribution in [2.75, 3.05) is 51.1 Å². The third-order valence-electron chi connectivity index (χ3n) is 17.2. The van der Waals surface area contributed by atoms with Crippen LogP contribution < -0.4 is 24.3 Å². The number of amides is 3. The first-order valence-corrected chi connectivity index (χ1v) is 35.5. The van der Waals surface area contributed by atoms with Gasteiger partial charge in [-0.3, -0.25) is 14.6 Å². The van der Waals surface area contributed by atoms with Gasteiger partial charge in [0.05, 0.1) is 51.7 Å². The zero-order chi connectivity index (χ0) is 79.1. The van der Waals surface area contributed by atoms with Gasteiger partial charge in [-0.1, -0.05) is 57.7 Å². The lowest BCUT2D eigenvalue weighted by Gasteiger charge is -2.32. The average molecular weight is 1580 g/mol. The Labute approximate surface area is 654 Å². The van der Waals surface area contributed by atoms with Crippen molar-refractivity contribution in [2.24, 2.45) is 0 Å². The molecular formula is C78H89F4N16O12S2+. The number of likely N-dealkylation sites (N-methyl/N-ethyl adjacent to an activating group) is 2. The Bertz CT molecular complexity index is 4970. The summed E-state index contributed by atoms with van der Waals surface area (Å²) in [6.07, 6.45) is 4.44. The molecule has 6 heterocycles. The number of carbonyl (C=O) groups is 5. The van der Waals surface area contributed by atoms with Crippen molar-refractivity contribution in [3.63, 3.8) is 0 Å². The van der Waals surface area contributed by atoms with E-state index in [0.717, 1.165) is 57.3 Å². The zero-order valence-electron chi connectivity index (χ0n) is 63.2. The van der Waals surface area contributed by atoms with Crippen LogP contribution in [0.4, 0.5) is 43.6 Å². The van der Waals surface area contributed by atoms with Gasteiger partial charge in [-0.05, 0) is 93.6 Å². The van der Waals surface area contributed by atoms with Crippen LogP contribution in [0.2, 0.25) is 0 Å². The standard InChI is InChI=1S/C40H43F2N8O7S.C35H35F2N8O5S.CH4.2CH3/c1-25(36-46-33(21-58-36)28-12-10-27(18-43)11-13-28)40(54,31-17-30(41)14-15-32(31)42)22-50-24-49(23-45-50)26(2)56-38(53)48(7)35-29(9-8-16-44-35)20-55-34(51)19-47(6)37(52)57-39(3,4)5;1-22(33-42-30(18-51-33)25-9-7-24(15-38)8-10-25)35(48,28-14-27(36)11-12-29(28)37)19-45-21-44(20-41-45)23(2)50-34(47)43(4)32-26(6-5-13-40-32)17-49-31(46)16-39-3;;;/h8-17,21,23-26,54H,19-20,22H2,1-7H3;5-14,18,20-23,39,48H,16-17,19H2,1-4H3;1H4;2*1H3/q2*+1;;2*-1/p+1/t25-,26?,40+;22-,23?,35+;;;/m00.../s1. The first-order chi connectivity index (χ1) is 51.8. The van der Waals surface area contributed by atoms with E-state index < -0.39 is 94.6 Å². The molecule has 0 bridgehead atoms. The molecule has 592 valence electrons. The maximum Gasteiger partial charge on any atom is 0.418 e. The highest BCUT2D eigenvalue weighted by Gasteiger charge is 2.46. The van der Waals surface area contributed by atoms with Crippen molar-refractivity contribution < 1.29 is 89.9 Å². The van der Waals surface area contributed by atoms with E-state index in [1.54, 1.807) is 144 Å². The first kappa shape index (κ1) is 88.9. The molecule has 0 spiro atoms. The van der Waals surface area contributed by atoms with E-state index in [1.807, 2.05) is 0 Å². The van der Waals surface area contributed by atoms with Crippen LogP contribution in [-0.4, -0.2) is 132 Å². The number of anilines is 2. The van der Waals surface area contributed by atoms with Gasteiger partial charge < -0.3 is 59.0 Å². The second-order valence-electron chi connectivity index (χ2n) is 26.2. The fourth-order valence-electron chi connectivity index (χ4n) is 11.0. The molecule has 10 aromatic rings. The maximum absolute atomic E-state index is 15.4. The van der Waals surface area contributed by atoms with Crippen LogP contribution in [0.15, 0.2) is 158 Å². The molecule has 112 heavy (non-hydrogen) atoms. The number of rotatable bonds is 26. The third-order valence-corrected chi connectivity index (χ3v) is 19.2. The van der Waals surface area contributed by atoms with E-state index >= 15 is 8.78 Å². The second-order valence-corrected chi connectivity index (χ2v) is 27.9. The molecule has 0 saturated heterocycles. The quantitative estimate of drug-likeness (QED) is 0.0149. The van der Waals surface area contributed by atoms with Crippen LogP contribution in [0.1, 0.15) is 124 Å². The number of ether oxygens (including phenoxy) is 5. The summed E-state index contributed by atoms with van der Waals surface area (Å²) in [5, 5.41) is 57.6. The summed E-state index contributed by atoms with van der Waals surface area (Å²) in [5.41, 5.74) is -0.910. The molecule has 34 heteroatoms. The molecule has 10 rings (SSSR count). The number of aliphatic hydroxyl groups is 2. The normalized spacial score (nSPS) is 13.1. The lowest BCUT2D eigenvalue weighted by atomic mass is 9.82. The lowest BCUT2D eigenvalue weighted by Crippen LogP contribution is -2.81. The minimum absolute atomic E-state index is 0. The van der Waals surface area contributed by atoms with E-state index in [2.05, 4.69) is 32.3 Å². The van der Waals surface area contributed by atoms with Gasteiger partial charge in [0.2, 0.25) is 25.1 Å². The molecule has 3 amide bonds. The first-order valence-electron chi connectivity index (χ1n) is 33.8. The predicted octanol–water partition coefficient (Wildman–Crippen LogP) is 11.3. The fraction of sp³-hybridized carbons (Fsp3) is 0.321. The molecule has 4 N–H and O–H groups in total. The van der Waals surface area contributed by atoms with E-state index in [-0.39, 0.29) is 84.4 Å². The van der Waals surface area contributed by atoms with Crippen molar-refractivity contribution in [1.29, 1.82) is 10.5 Å². The SMILES string of the molecule is C.CC(OC(=O)N(C)c1ncccc1COC(=O)CN(C)C(=O)OC(C)(C)C)[n+]1cnn(C[C@](O)(c2cc(F)ccc2F)[C@@H](C)c2nc(-c3ccc(C#N)cc3)cs2)c1.C[NH2+]CC(=O)OCc1cccnc1N(C)C(=O)OC(C)[n+]1cnn(C[C@](O)(c2cc(F)ccc2F)[C@@H](C)c2nc(-c3ccc(C#N)cc3)cs2)c1.[CH3-].[CH3-]. The molecule has 0 radical (unpaired) electrons. The molecule has 28 nitrogen and oxygen atoms in total. The van der Waals surface area contributed by atoms with Crippen molar-refractivity contribution in [3.8, 4) is 34.7 Å². The molecule has 6 atom stereocenters. The van der Waals surface area contributed by atoms with Crippen molar-refractivity contribution in [3.05, 3.63) is 239 Å². The molecule has 0 saturated carbocycles. The van der Waals surface area contributed by atoms with Gasteiger partial charge in [0.25, 0.3) is 12.7 Å². The zero-order valence-corrected chi connectivity index (χ0v) is 64.8. The molecule has 6 aromatic heterocycles. The molecular weight excluding hydrogens is 1490 g/mol. The monoisotopic (exact) mass is 1580 g/mol. The van der Waals surface area contributed by atoms with E-state index in [1.165, 1.54) is 105 Å². The third kappa shape index (κ3) is 22.2. The Kier molecular flexibility index (Phi) is 31.1. The van der Waals surface area contributed by atoms with E-state index in [9.17, 15) is 43.0 Å². The number of esters is 2. The summed E-state index contributed by atoms with van der Waals surface area (Å²) in [6.45, 7) is 10.4. The molecule has 0 fully saturated rings. The molecule has 0 aliphatic heterocycles. The van der Waals surface area contributed by atoms with Crippen molar-refractivity contribution in [2.45, 2.75) is 123 Å². The summed E-state index contributed by atoms with van der Waals surface area (Å²) in [5.74, 6) is -5.59. The van der Waals surface area contributed by atoms with E-state index in [4.69, 9.17) is 44.2 Å². The van der Waals surface area contributed by atoms with Crippen LogP contribution in [0.3, 0.4) is 0 Å². The summed E-state index contributed by atoms with van der Waals surface area (Å²) in [4.78, 5) is 84.5. The number of halogens is 4. The minimum atomic E-state index is -2.07. The van der Waals surface area contributed by atoms with Gasteiger partial charge >= 0.3 is 30.2 Å². The number of hydrogen-bond acceptors (Lipinski definition) is 22. The number of quaternary nitrogens is 1. The van der Waals surface area contributed by atoms with Crippen LogP contribution in [-0.2, 0) is 70.8 Å². The van der Waals surface area contributed by atoms with E-state index in [0.29, 0.717) is 43.7 Å². The largest absolute Gasteiger partial charge is 0.459 e. The number of pyridine rings is 2. The van der Waals surface area contributed by atoms with Crippen molar-refractivity contribution in [1.82, 2.24) is 44.4 Å². The van der Waals surface area contributed by atoms with Gasteiger partial charge in [0.15, 0.2) is 6.54 Å². The molecule has 0 aliphatic rings. The number of aromatic nitrogens is 10. The van der Waals surface area contributed by atoms with Crippen molar-refractivity contribution >= 4 is 64.5 Å². The van der Waals surface area contributed by atoms with Gasteiger partial charge in [0, 0.05) is 114 Å². The highest BCUT2D eigenvalue weighted by molar-refractivity contribution is 7.10.